The fraction of sp³-hybridized carbons (Fsp3) is 0.174. The highest BCUT2D eigenvalue weighted by molar-refractivity contribution is 6.04. The molecule has 0 saturated heterocycles. The van der Waals surface area contributed by atoms with Gasteiger partial charge in [0.2, 0.25) is 0 Å². The normalized spacial score (nSPS) is 10.2. The van der Waals surface area contributed by atoms with E-state index in [-0.39, 0.29) is 5.91 Å². The Bertz CT molecular complexity index is 879. The fourth-order valence-corrected chi connectivity index (χ4v) is 2.57. The maximum atomic E-state index is 12.4. The number of hydrogen-bond donors (Lipinski definition) is 1. The standard InChI is InChI=1S/C23H23NO4/c1-2-26-22-10-6-7-19(17-22)24-23(25)18-11-13-21(14-12-18)28-16-15-27-20-8-4-3-5-9-20/h3-14,17H,2,15-16H2,1H3,(H,24,25). The second-order valence-electron chi connectivity index (χ2n) is 5.95. The summed E-state index contributed by atoms with van der Waals surface area (Å²) in [5.41, 5.74) is 1.24. The molecule has 0 spiro atoms. The number of nitrogens with one attached hydrogen (secondary N) is 1. The Hall–Kier alpha value is -3.47. The first kappa shape index (κ1) is 19.3. The number of anilines is 1. The van der Waals surface area contributed by atoms with Gasteiger partial charge in [-0.25, -0.2) is 0 Å². The molecule has 0 fully saturated rings. The lowest BCUT2D eigenvalue weighted by Gasteiger charge is -2.10. The molecule has 3 rings (SSSR count). The summed E-state index contributed by atoms with van der Waals surface area (Å²) in [4.78, 5) is 12.4. The van der Waals surface area contributed by atoms with Crippen LogP contribution in [0.4, 0.5) is 5.69 Å². The van der Waals surface area contributed by atoms with Gasteiger partial charge in [0.1, 0.15) is 30.5 Å². The molecular formula is C23H23NO4. The molecular weight excluding hydrogens is 354 g/mol. The molecule has 0 saturated carbocycles. The highest BCUT2D eigenvalue weighted by Gasteiger charge is 2.07. The van der Waals surface area contributed by atoms with Gasteiger partial charge in [0.15, 0.2) is 0 Å². The van der Waals surface area contributed by atoms with Crippen molar-refractivity contribution in [3.63, 3.8) is 0 Å². The van der Waals surface area contributed by atoms with Crippen LogP contribution in [0.2, 0.25) is 0 Å². The van der Waals surface area contributed by atoms with Crippen LogP contribution < -0.4 is 19.5 Å². The van der Waals surface area contributed by atoms with Crippen LogP contribution in [0.3, 0.4) is 0 Å². The predicted molar refractivity (Wildman–Crippen MR) is 109 cm³/mol. The van der Waals surface area contributed by atoms with Crippen LogP contribution in [0.25, 0.3) is 0 Å². The van der Waals surface area contributed by atoms with E-state index in [0.717, 1.165) is 11.5 Å². The van der Waals surface area contributed by atoms with Gasteiger partial charge in [0.05, 0.1) is 6.61 Å². The number of rotatable bonds is 9. The van der Waals surface area contributed by atoms with Crippen molar-refractivity contribution in [2.24, 2.45) is 0 Å². The van der Waals surface area contributed by atoms with E-state index >= 15 is 0 Å². The summed E-state index contributed by atoms with van der Waals surface area (Å²) in [5.74, 6) is 2.03. The lowest BCUT2D eigenvalue weighted by atomic mass is 10.2. The van der Waals surface area contributed by atoms with Gasteiger partial charge in [-0.2, -0.15) is 0 Å². The summed E-state index contributed by atoms with van der Waals surface area (Å²) in [6, 6.07) is 23.9. The van der Waals surface area contributed by atoms with Gasteiger partial charge in [0.25, 0.3) is 5.91 Å². The maximum absolute atomic E-state index is 12.4. The van der Waals surface area contributed by atoms with Crippen molar-refractivity contribution in [3.8, 4) is 17.2 Å². The Morgan fingerprint density at radius 1 is 0.750 bits per heavy atom. The molecule has 0 atom stereocenters. The molecule has 0 aromatic heterocycles. The van der Waals surface area contributed by atoms with E-state index in [0.29, 0.717) is 36.8 Å². The molecule has 5 heteroatoms. The minimum atomic E-state index is -0.187. The lowest BCUT2D eigenvalue weighted by molar-refractivity contribution is 0.102. The SMILES string of the molecule is CCOc1cccc(NC(=O)c2ccc(OCCOc3ccccc3)cc2)c1. The number of benzene rings is 3. The van der Waals surface area contributed by atoms with Crippen molar-refractivity contribution < 1.29 is 19.0 Å². The third-order valence-corrected chi connectivity index (χ3v) is 3.88. The average molecular weight is 377 g/mol. The highest BCUT2D eigenvalue weighted by Crippen LogP contribution is 2.19. The first-order valence-corrected chi connectivity index (χ1v) is 9.19. The van der Waals surface area contributed by atoms with Crippen molar-refractivity contribution in [2.45, 2.75) is 6.92 Å². The van der Waals surface area contributed by atoms with Crippen LogP contribution >= 0.6 is 0 Å². The smallest absolute Gasteiger partial charge is 0.255 e. The third-order valence-electron chi connectivity index (χ3n) is 3.88. The van der Waals surface area contributed by atoms with Crippen molar-refractivity contribution in [1.82, 2.24) is 0 Å². The summed E-state index contributed by atoms with van der Waals surface area (Å²) in [7, 11) is 0. The van der Waals surface area contributed by atoms with Crippen LogP contribution in [0.15, 0.2) is 78.9 Å². The number of carbonyl (C=O) groups excluding carboxylic acids is 1. The number of hydrogen-bond acceptors (Lipinski definition) is 4. The summed E-state index contributed by atoms with van der Waals surface area (Å²) >= 11 is 0. The Morgan fingerprint density at radius 2 is 1.39 bits per heavy atom. The first-order valence-electron chi connectivity index (χ1n) is 9.19. The zero-order valence-electron chi connectivity index (χ0n) is 15.8. The molecule has 5 nitrogen and oxygen atoms in total. The zero-order valence-corrected chi connectivity index (χ0v) is 15.8. The molecule has 0 radical (unpaired) electrons. The van der Waals surface area contributed by atoms with Gasteiger partial charge in [-0.15, -0.1) is 0 Å². The summed E-state index contributed by atoms with van der Waals surface area (Å²) in [5, 5.41) is 2.87. The molecule has 3 aromatic carbocycles. The Balaban J connectivity index is 1.48. The Kier molecular flexibility index (Phi) is 6.90. The number of amides is 1. The number of carbonyl (C=O) groups is 1. The molecule has 0 aliphatic rings. The molecule has 1 N–H and O–H groups in total. The molecule has 0 unspecified atom stereocenters. The minimum absolute atomic E-state index is 0.187. The molecule has 0 bridgehead atoms. The van der Waals surface area contributed by atoms with E-state index in [1.807, 2.05) is 55.5 Å². The van der Waals surface area contributed by atoms with E-state index in [2.05, 4.69) is 5.32 Å². The molecule has 144 valence electrons. The van der Waals surface area contributed by atoms with Crippen LogP contribution in [0.5, 0.6) is 17.2 Å². The average Bonchev–Trinajstić information content (AvgIpc) is 2.73. The van der Waals surface area contributed by atoms with Crippen molar-refractivity contribution >= 4 is 11.6 Å². The van der Waals surface area contributed by atoms with Crippen molar-refractivity contribution in [1.29, 1.82) is 0 Å². The fourth-order valence-electron chi connectivity index (χ4n) is 2.57. The molecule has 0 heterocycles. The van der Waals surface area contributed by atoms with Gasteiger partial charge in [0, 0.05) is 17.3 Å². The van der Waals surface area contributed by atoms with E-state index in [9.17, 15) is 4.79 Å². The van der Waals surface area contributed by atoms with Crippen molar-refractivity contribution in [3.05, 3.63) is 84.4 Å². The molecule has 0 aliphatic heterocycles. The Labute approximate surface area is 164 Å². The van der Waals surface area contributed by atoms with Crippen LogP contribution in [-0.2, 0) is 0 Å². The first-order chi connectivity index (χ1) is 13.7. The predicted octanol–water partition coefficient (Wildman–Crippen LogP) is 4.80. The largest absolute Gasteiger partial charge is 0.494 e. The van der Waals surface area contributed by atoms with Gasteiger partial charge in [-0.05, 0) is 55.5 Å². The molecule has 1 amide bonds. The summed E-state index contributed by atoms with van der Waals surface area (Å²) in [6.45, 7) is 3.37. The number of para-hydroxylation sites is 1. The number of ether oxygens (including phenoxy) is 3. The highest BCUT2D eigenvalue weighted by atomic mass is 16.5. The molecule has 28 heavy (non-hydrogen) atoms. The third kappa shape index (κ3) is 5.77. The Morgan fingerprint density at radius 3 is 2.07 bits per heavy atom. The van der Waals surface area contributed by atoms with Crippen LogP contribution in [0, 0.1) is 0 Å². The summed E-state index contributed by atoms with van der Waals surface area (Å²) < 4.78 is 16.7. The van der Waals surface area contributed by atoms with Crippen molar-refractivity contribution in [2.75, 3.05) is 25.1 Å². The summed E-state index contributed by atoms with van der Waals surface area (Å²) in [6.07, 6.45) is 0. The second kappa shape index (κ2) is 10.0. The minimum Gasteiger partial charge on any atom is -0.494 e. The lowest BCUT2D eigenvalue weighted by Crippen LogP contribution is -2.12. The van der Waals surface area contributed by atoms with Gasteiger partial charge in [-0.1, -0.05) is 24.3 Å². The van der Waals surface area contributed by atoms with Crippen LogP contribution in [-0.4, -0.2) is 25.7 Å². The zero-order chi connectivity index (χ0) is 19.6. The second-order valence-corrected chi connectivity index (χ2v) is 5.95. The maximum Gasteiger partial charge on any atom is 0.255 e. The van der Waals surface area contributed by atoms with Gasteiger partial charge >= 0.3 is 0 Å². The van der Waals surface area contributed by atoms with E-state index in [1.165, 1.54) is 0 Å². The monoisotopic (exact) mass is 377 g/mol. The van der Waals surface area contributed by atoms with E-state index in [1.54, 1.807) is 30.3 Å². The van der Waals surface area contributed by atoms with Gasteiger partial charge in [-0.3, -0.25) is 4.79 Å². The van der Waals surface area contributed by atoms with E-state index in [4.69, 9.17) is 14.2 Å². The van der Waals surface area contributed by atoms with Gasteiger partial charge < -0.3 is 19.5 Å². The molecule has 3 aromatic rings. The van der Waals surface area contributed by atoms with E-state index < -0.39 is 0 Å². The molecule has 0 aliphatic carbocycles. The quantitative estimate of drug-likeness (QED) is 0.545. The topological polar surface area (TPSA) is 56.8 Å². The van der Waals surface area contributed by atoms with Crippen LogP contribution in [0.1, 0.15) is 17.3 Å².